The Morgan fingerprint density at radius 1 is 0.969 bits per heavy atom. The number of rotatable bonds is 7. The van der Waals surface area contributed by atoms with Gasteiger partial charge in [0.1, 0.15) is 5.65 Å². The average molecular weight is 421 g/mol. The van der Waals surface area contributed by atoms with E-state index in [9.17, 15) is 4.79 Å². The van der Waals surface area contributed by atoms with Crippen LogP contribution in [0.15, 0.2) is 85.3 Å². The molecule has 0 unspecified atom stereocenters. The molecule has 0 fully saturated rings. The molecule has 5 nitrogen and oxygen atoms in total. The second-order valence-corrected chi connectivity index (χ2v) is 7.80. The third-order valence-electron chi connectivity index (χ3n) is 5.64. The first-order chi connectivity index (χ1) is 15.8. The fourth-order valence-corrected chi connectivity index (χ4v) is 4.02. The zero-order valence-electron chi connectivity index (χ0n) is 17.6. The summed E-state index contributed by atoms with van der Waals surface area (Å²) in [5.74, 6) is 0.0155. The molecule has 0 radical (unpaired) electrons. The van der Waals surface area contributed by atoms with Crippen molar-refractivity contribution >= 4 is 33.9 Å². The maximum absolute atomic E-state index is 12.2. The highest BCUT2D eigenvalue weighted by atomic mass is 16.1. The lowest BCUT2D eigenvalue weighted by Crippen LogP contribution is -2.24. The Morgan fingerprint density at radius 3 is 2.72 bits per heavy atom. The summed E-state index contributed by atoms with van der Waals surface area (Å²) in [6.45, 7) is 0.617. The maximum Gasteiger partial charge on any atom is 0.223 e. The molecular formula is C27H24N4O. The van der Waals surface area contributed by atoms with Gasteiger partial charge in [-0.3, -0.25) is 4.79 Å². The first-order valence-corrected chi connectivity index (χ1v) is 10.8. The first-order valence-electron chi connectivity index (χ1n) is 10.8. The zero-order valence-corrected chi connectivity index (χ0v) is 17.6. The van der Waals surface area contributed by atoms with Crippen molar-refractivity contribution in [2.24, 2.45) is 0 Å². The smallest absolute Gasteiger partial charge is 0.223 e. The molecular weight excluding hydrogens is 396 g/mol. The van der Waals surface area contributed by atoms with Crippen LogP contribution in [0.3, 0.4) is 0 Å². The fourth-order valence-electron chi connectivity index (χ4n) is 4.02. The van der Waals surface area contributed by atoms with Gasteiger partial charge >= 0.3 is 0 Å². The summed E-state index contributed by atoms with van der Waals surface area (Å²) >= 11 is 0. The third-order valence-corrected chi connectivity index (χ3v) is 5.64. The van der Waals surface area contributed by atoms with E-state index < -0.39 is 0 Å². The number of pyridine rings is 1. The molecule has 1 amide bonds. The molecule has 0 aliphatic rings. The number of carbonyl (C=O) groups is 1. The molecule has 0 spiro atoms. The van der Waals surface area contributed by atoms with Gasteiger partial charge in [0.2, 0.25) is 5.91 Å². The van der Waals surface area contributed by atoms with Crippen LogP contribution in [0.4, 0.5) is 0 Å². The molecule has 3 N–H and O–H groups in total. The molecule has 5 heteroatoms. The Balaban J connectivity index is 1.19. The molecule has 0 aliphatic carbocycles. The molecule has 5 aromatic rings. The van der Waals surface area contributed by atoms with Gasteiger partial charge in [-0.15, -0.1) is 0 Å². The molecule has 158 valence electrons. The standard InChI is InChI=1S/C27H24N4O/c32-26(28-14-13-21-17-29-25-11-5-4-10-22(21)25)12-6-7-19-15-23-24(18-31-27(23)30-16-19)20-8-2-1-3-9-20/h1-11,15-18,29H,12-14H2,(H,28,32)(H,30,31)/b7-6+. The molecule has 0 aliphatic heterocycles. The van der Waals surface area contributed by atoms with Gasteiger partial charge in [-0.25, -0.2) is 4.98 Å². The van der Waals surface area contributed by atoms with Crippen LogP contribution in [0.2, 0.25) is 0 Å². The molecule has 0 bridgehead atoms. The fraction of sp³-hybridized carbons (Fsp3) is 0.111. The number of hydrogen-bond donors (Lipinski definition) is 3. The molecule has 3 heterocycles. The largest absolute Gasteiger partial charge is 0.361 e. The predicted octanol–water partition coefficient (Wildman–Crippen LogP) is 5.47. The monoisotopic (exact) mass is 420 g/mol. The number of nitrogens with one attached hydrogen (secondary N) is 3. The van der Waals surface area contributed by atoms with E-state index >= 15 is 0 Å². The molecule has 2 aromatic carbocycles. The number of para-hydroxylation sites is 1. The topological polar surface area (TPSA) is 73.6 Å². The number of aromatic amines is 2. The molecule has 32 heavy (non-hydrogen) atoms. The molecule has 5 rings (SSSR count). The summed E-state index contributed by atoms with van der Waals surface area (Å²) in [6.07, 6.45) is 10.8. The van der Waals surface area contributed by atoms with Crippen molar-refractivity contribution in [2.75, 3.05) is 6.54 Å². The quantitative estimate of drug-likeness (QED) is 0.326. The zero-order chi connectivity index (χ0) is 21.8. The van der Waals surface area contributed by atoms with E-state index in [1.54, 1.807) is 0 Å². The Bertz CT molecular complexity index is 1400. The van der Waals surface area contributed by atoms with Gasteiger partial charge in [-0.05, 0) is 35.2 Å². The minimum atomic E-state index is 0.0155. The van der Waals surface area contributed by atoms with Crippen molar-refractivity contribution in [3.8, 4) is 11.1 Å². The Morgan fingerprint density at radius 2 is 1.81 bits per heavy atom. The van der Waals surface area contributed by atoms with E-state index in [1.807, 2.05) is 61.1 Å². The normalized spacial score (nSPS) is 11.5. The van der Waals surface area contributed by atoms with E-state index in [0.29, 0.717) is 13.0 Å². The summed E-state index contributed by atoms with van der Waals surface area (Å²) in [4.78, 5) is 23.3. The van der Waals surface area contributed by atoms with Crippen molar-refractivity contribution in [2.45, 2.75) is 12.8 Å². The van der Waals surface area contributed by atoms with E-state index in [2.05, 4.69) is 50.6 Å². The van der Waals surface area contributed by atoms with Crippen LogP contribution in [0, 0.1) is 0 Å². The summed E-state index contributed by atoms with van der Waals surface area (Å²) in [5.41, 5.74) is 6.45. The van der Waals surface area contributed by atoms with Gasteiger partial charge in [0.15, 0.2) is 0 Å². The number of benzene rings is 2. The Labute approximate surface area is 186 Å². The lowest BCUT2D eigenvalue weighted by atomic mass is 10.1. The minimum absolute atomic E-state index is 0.0155. The number of carbonyl (C=O) groups excluding carboxylic acids is 1. The van der Waals surface area contributed by atoms with Crippen LogP contribution in [0.25, 0.3) is 39.1 Å². The van der Waals surface area contributed by atoms with Crippen LogP contribution < -0.4 is 5.32 Å². The number of hydrogen-bond acceptors (Lipinski definition) is 2. The van der Waals surface area contributed by atoms with Crippen molar-refractivity contribution in [3.63, 3.8) is 0 Å². The highest BCUT2D eigenvalue weighted by Gasteiger charge is 2.07. The maximum atomic E-state index is 12.2. The number of fused-ring (bicyclic) bond motifs is 2. The summed E-state index contributed by atoms with van der Waals surface area (Å²) < 4.78 is 0. The van der Waals surface area contributed by atoms with Gasteiger partial charge in [-0.2, -0.15) is 0 Å². The summed E-state index contributed by atoms with van der Waals surface area (Å²) in [7, 11) is 0. The lowest BCUT2D eigenvalue weighted by molar-refractivity contribution is -0.120. The Hall–Kier alpha value is -4.12. The van der Waals surface area contributed by atoms with Crippen LogP contribution in [-0.2, 0) is 11.2 Å². The number of amides is 1. The predicted molar refractivity (Wildman–Crippen MR) is 130 cm³/mol. The van der Waals surface area contributed by atoms with Crippen LogP contribution in [0.5, 0.6) is 0 Å². The summed E-state index contributed by atoms with van der Waals surface area (Å²) in [6, 6.07) is 20.6. The van der Waals surface area contributed by atoms with E-state index in [1.165, 1.54) is 10.9 Å². The van der Waals surface area contributed by atoms with Crippen molar-refractivity contribution in [3.05, 3.63) is 96.5 Å². The van der Waals surface area contributed by atoms with E-state index in [0.717, 1.165) is 39.7 Å². The van der Waals surface area contributed by atoms with Crippen LogP contribution >= 0.6 is 0 Å². The van der Waals surface area contributed by atoms with Gasteiger partial charge in [0, 0.05) is 53.4 Å². The Kier molecular flexibility index (Phi) is 5.54. The van der Waals surface area contributed by atoms with Crippen molar-refractivity contribution in [1.29, 1.82) is 0 Å². The number of aromatic nitrogens is 3. The van der Waals surface area contributed by atoms with E-state index in [-0.39, 0.29) is 5.91 Å². The second kappa shape index (κ2) is 8.94. The van der Waals surface area contributed by atoms with Gasteiger partial charge < -0.3 is 15.3 Å². The van der Waals surface area contributed by atoms with Gasteiger partial charge in [0.05, 0.1) is 0 Å². The van der Waals surface area contributed by atoms with Gasteiger partial charge in [0.25, 0.3) is 0 Å². The third kappa shape index (κ3) is 4.18. The average Bonchev–Trinajstić information content (AvgIpc) is 3.44. The number of H-pyrrole nitrogens is 2. The second-order valence-electron chi connectivity index (χ2n) is 7.80. The van der Waals surface area contributed by atoms with Crippen molar-refractivity contribution in [1.82, 2.24) is 20.3 Å². The molecule has 0 saturated heterocycles. The van der Waals surface area contributed by atoms with E-state index in [4.69, 9.17) is 0 Å². The SMILES string of the molecule is O=C(C/C=C/c1cnc2[nH]cc(-c3ccccc3)c2c1)NCCc1c[nH]c2ccccc12. The highest BCUT2D eigenvalue weighted by Crippen LogP contribution is 2.28. The molecule has 0 saturated carbocycles. The van der Waals surface area contributed by atoms with Crippen molar-refractivity contribution < 1.29 is 4.79 Å². The molecule has 3 aromatic heterocycles. The lowest BCUT2D eigenvalue weighted by Gasteiger charge is -2.03. The summed E-state index contributed by atoms with van der Waals surface area (Å²) in [5, 5.41) is 5.29. The van der Waals surface area contributed by atoms with Gasteiger partial charge in [-0.1, -0.05) is 60.7 Å². The minimum Gasteiger partial charge on any atom is -0.361 e. The van der Waals surface area contributed by atoms with Crippen LogP contribution in [-0.4, -0.2) is 27.4 Å². The highest BCUT2D eigenvalue weighted by molar-refractivity contribution is 5.94. The van der Waals surface area contributed by atoms with Crippen LogP contribution in [0.1, 0.15) is 17.5 Å². The molecule has 0 atom stereocenters. The number of nitrogens with zero attached hydrogens (tertiary/aromatic N) is 1. The first kappa shape index (κ1) is 19.8.